The molecule has 0 fully saturated rings. The predicted molar refractivity (Wildman–Crippen MR) is 127 cm³/mol. The number of halogens is 1. The van der Waals surface area contributed by atoms with Crippen LogP contribution in [0.25, 0.3) is 0 Å². The van der Waals surface area contributed by atoms with Crippen molar-refractivity contribution in [2.24, 2.45) is 0 Å². The number of anilines is 1. The van der Waals surface area contributed by atoms with Crippen LogP contribution < -0.4 is 15.0 Å². The van der Waals surface area contributed by atoms with E-state index in [0.717, 1.165) is 36.3 Å². The lowest BCUT2D eigenvalue weighted by atomic mass is 9.99. The molecule has 0 saturated heterocycles. The zero-order valence-corrected chi connectivity index (χ0v) is 19.5. The number of nitrogens with zero attached hydrogens (tertiary/aromatic N) is 4. The number of fused-ring (bicyclic) bond motifs is 3. The Hall–Kier alpha value is -3.72. The predicted octanol–water partition coefficient (Wildman–Crippen LogP) is 2.14. The summed E-state index contributed by atoms with van der Waals surface area (Å²) in [6.45, 7) is 2.39. The van der Waals surface area contributed by atoms with Crippen LogP contribution in [0.1, 0.15) is 32.7 Å². The molecule has 3 aliphatic rings. The van der Waals surface area contributed by atoms with Gasteiger partial charge in [0.15, 0.2) is 5.69 Å². The number of rotatable bonds is 3. The lowest BCUT2D eigenvalue weighted by Crippen LogP contribution is -2.54. The fourth-order valence-corrected chi connectivity index (χ4v) is 5.16. The highest BCUT2D eigenvalue weighted by molar-refractivity contribution is 6.03. The molecule has 180 valence electrons. The summed E-state index contributed by atoms with van der Waals surface area (Å²) in [6.07, 6.45) is 3.28. The highest BCUT2D eigenvalue weighted by atomic mass is 19.1. The van der Waals surface area contributed by atoms with E-state index in [4.69, 9.17) is 4.74 Å². The summed E-state index contributed by atoms with van der Waals surface area (Å²) in [5.41, 5.74) is 4.73. The molecule has 0 unspecified atom stereocenters. The molecular weight excluding hydrogens is 449 g/mol. The second kappa shape index (κ2) is 8.49. The largest absolute Gasteiger partial charge is 0.489 e. The lowest BCUT2D eigenvalue weighted by molar-refractivity contribution is -0.123. The average molecular weight is 476 g/mol. The van der Waals surface area contributed by atoms with Crippen molar-refractivity contribution in [2.75, 3.05) is 31.6 Å². The summed E-state index contributed by atoms with van der Waals surface area (Å²) < 4.78 is 21.8. The monoisotopic (exact) mass is 475 g/mol. The Morgan fingerprint density at radius 3 is 2.86 bits per heavy atom. The molecule has 9 heteroatoms. The van der Waals surface area contributed by atoms with Crippen molar-refractivity contribution in [2.45, 2.75) is 32.0 Å². The molecule has 1 N–H and O–H groups in total. The molecule has 0 saturated carbocycles. The zero-order chi connectivity index (χ0) is 24.1. The molecule has 1 aromatic heterocycles. The summed E-state index contributed by atoms with van der Waals surface area (Å²) in [4.78, 5) is 30.1. The summed E-state index contributed by atoms with van der Waals surface area (Å²) in [5.74, 6) is -0.128. The van der Waals surface area contributed by atoms with Gasteiger partial charge in [-0.25, -0.2) is 4.39 Å². The molecule has 3 aromatic rings. The quantitative estimate of drug-likeness (QED) is 0.628. The van der Waals surface area contributed by atoms with Crippen LogP contribution in [-0.4, -0.2) is 59.3 Å². The Morgan fingerprint density at radius 2 is 2.00 bits per heavy atom. The third kappa shape index (κ3) is 3.76. The maximum Gasteiger partial charge on any atom is 0.275 e. The Morgan fingerprint density at radius 1 is 1.14 bits per heavy atom. The normalized spacial score (nSPS) is 19.5. The number of carbonyl (C=O) groups is 2. The Labute approximate surface area is 202 Å². The molecule has 8 nitrogen and oxygen atoms in total. The van der Waals surface area contributed by atoms with Crippen molar-refractivity contribution in [3.8, 4) is 5.75 Å². The van der Waals surface area contributed by atoms with Crippen LogP contribution in [-0.2, 0) is 30.7 Å². The number of benzene rings is 2. The van der Waals surface area contributed by atoms with Gasteiger partial charge in [0.25, 0.3) is 11.8 Å². The van der Waals surface area contributed by atoms with Gasteiger partial charge in [-0.3, -0.25) is 14.3 Å². The van der Waals surface area contributed by atoms with Gasteiger partial charge in [0, 0.05) is 37.5 Å². The maximum atomic E-state index is 14.1. The van der Waals surface area contributed by atoms with Gasteiger partial charge in [-0.05, 0) is 48.7 Å². The maximum absolute atomic E-state index is 14.1. The fraction of sp³-hybridized carbons (Fsp3) is 0.346. The van der Waals surface area contributed by atoms with Gasteiger partial charge in [-0.2, -0.15) is 5.10 Å². The topological polar surface area (TPSA) is 79.7 Å². The number of nitrogens with one attached hydrogen (secondary N) is 1. The number of likely N-dealkylation sites (N-methyl/N-ethyl adjacent to an activating group) is 1. The van der Waals surface area contributed by atoms with E-state index in [1.54, 1.807) is 45.9 Å². The summed E-state index contributed by atoms with van der Waals surface area (Å²) >= 11 is 0. The van der Waals surface area contributed by atoms with Crippen molar-refractivity contribution in [1.82, 2.24) is 20.0 Å². The van der Waals surface area contributed by atoms with E-state index in [9.17, 15) is 14.0 Å². The second-order valence-corrected chi connectivity index (χ2v) is 9.28. The van der Waals surface area contributed by atoms with Gasteiger partial charge < -0.3 is 19.9 Å². The molecule has 0 spiro atoms. The fourth-order valence-electron chi connectivity index (χ4n) is 5.16. The van der Waals surface area contributed by atoms with Crippen LogP contribution >= 0.6 is 0 Å². The molecule has 0 bridgehead atoms. The smallest absolute Gasteiger partial charge is 0.275 e. The zero-order valence-electron chi connectivity index (χ0n) is 19.5. The molecule has 2 amide bonds. The molecule has 0 aliphatic carbocycles. The molecular formula is C26H26FN5O3. The first-order chi connectivity index (χ1) is 17.0. The number of aromatic nitrogens is 2. The molecule has 6 rings (SSSR count). The van der Waals surface area contributed by atoms with Gasteiger partial charge in [0.1, 0.15) is 24.2 Å². The van der Waals surface area contributed by atoms with Crippen molar-refractivity contribution < 1.29 is 18.7 Å². The van der Waals surface area contributed by atoms with Crippen LogP contribution in [0.3, 0.4) is 0 Å². The number of carbonyl (C=O) groups excluding carboxylic acids is 2. The van der Waals surface area contributed by atoms with Crippen molar-refractivity contribution in [3.05, 3.63) is 76.4 Å². The highest BCUT2D eigenvalue weighted by Gasteiger charge is 2.40. The number of ether oxygens (including phenoxy) is 1. The number of hydrogen-bond acceptors (Lipinski definition) is 5. The summed E-state index contributed by atoms with van der Waals surface area (Å²) in [7, 11) is 1.73. The SMILES string of the molecule is CN1C(=O)[C@@H](N2CCc3cn(Cc4ccccc4F)nc3C2=O)COc2cc3c(cc21)CNCC3. The van der Waals surface area contributed by atoms with E-state index in [1.807, 2.05) is 12.1 Å². The van der Waals surface area contributed by atoms with E-state index in [0.29, 0.717) is 30.0 Å². The standard InChI is InChI=1S/C26H26FN5O3/c1-30-21-10-19-12-28-8-6-16(19)11-23(21)35-15-22(25(30)33)32-9-7-18-14-31(29-24(18)26(32)34)13-17-4-2-3-5-20(17)27/h2-5,10-11,14,22,28H,6-9,12-13,15H2,1H3/t22-/m0/s1. The molecule has 4 heterocycles. The van der Waals surface area contributed by atoms with Gasteiger partial charge in [-0.1, -0.05) is 18.2 Å². The minimum Gasteiger partial charge on any atom is -0.489 e. The van der Waals surface area contributed by atoms with Crippen molar-refractivity contribution in [1.29, 1.82) is 0 Å². The summed E-state index contributed by atoms with van der Waals surface area (Å²) in [6, 6.07) is 9.81. The Kier molecular flexibility index (Phi) is 5.29. The van der Waals surface area contributed by atoms with E-state index >= 15 is 0 Å². The van der Waals surface area contributed by atoms with E-state index < -0.39 is 6.04 Å². The van der Waals surface area contributed by atoms with Gasteiger partial charge >= 0.3 is 0 Å². The third-order valence-electron chi connectivity index (χ3n) is 7.13. The Balaban J connectivity index is 1.25. The van der Waals surface area contributed by atoms with Crippen molar-refractivity contribution >= 4 is 17.5 Å². The first-order valence-corrected chi connectivity index (χ1v) is 11.9. The molecule has 1 atom stereocenters. The van der Waals surface area contributed by atoms with Gasteiger partial charge in [0.2, 0.25) is 0 Å². The van der Waals surface area contributed by atoms with Crippen LogP contribution in [0.4, 0.5) is 10.1 Å². The number of amides is 2. The molecule has 2 aromatic carbocycles. The highest BCUT2D eigenvalue weighted by Crippen LogP contribution is 2.36. The lowest BCUT2D eigenvalue weighted by Gasteiger charge is -2.33. The minimum absolute atomic E-state index is 0.0875. The van der Waals surface area contributed by atoms with E-state index in [2.05, 4.69) is 10.4 Å². The van der Waals surface area contributed by atoms with Crippen LogP contribution in [0, 0.1) is 5.82 Å². The first-order valence-electron chi connectivity index (χ1n) is 11.9. The van der Waals surface area contributed by atoms with Gasteiger partial charge in [0.05, 0.1) is 12.2 Å². The molecule has 3 aliphatic heterocycles. The summed E-state index contributed by atoms with van der Waals surface area (Å²) in [5, 5.41) is 7.82. The van der Waals surface area contributed by atoms with Crippen LogP contribution in [0.2, 0.25) is 0 Å². The number of hydrogen-bond donors (Lipinski definition) is 1. The van der Waals surface area contributed by atoms with Crippen LogP contribution in [0.5, 0.6) is 5.75 Å². The Bertz CT molecular complexity index is 1340. The van der Waals surface area contributed by atoms with Crippen molar-refractivity contribution in [3.63, 3.8) is 0 Å². The van der Waals surface area contributed by atoms with Gasteiger partial charge in [-0.15, -0.1) is 0 Å². The van der Waals surface area contributed by atoms with Crippen LogP contribution in [0.15, 0.2) is 42.6 Å². The minimum atomic E-state index is -0.750. The second-order valence-electron chi connectivity index (χ2n) is 9.28. The third-order valence-corrected chi connectivity index (χ3v) is 7.13. The first kappa shape index (κ1) is 21.8. The van der Waals surface area contributed by atoms with E-state index in [-0.39, 0.29) is 30.8 Å². The van der Waals surface area contributed by atoms with E-state index in [1.165, 1.54) is 11.6 Å². The average Bonchev–Trinajstić information content (AvgIpc) is 3.24. The molecule has 0 radical (unpaired) electrons. The molecule has 35 heavy (non-hydrogen) atoms.